The second-order valence-electron chi connectivity index (χ2n) is 13.8. The van der Waals surface area contributed by atoms with Gasteiger partial charge in [-0.15, -0.1) is 53.6 Å². The van der Waals surface area contributed by atoms with E-state index in [2.05, 4.69) is 128 Å². The van der Waals surface area contributed by atoms with Crippen molar-refractivity contribution in [3.8, 4) is 17.3 Å². The Bertz CT molecular complexity index is 2340. The van der Waals surface area contributed by atoms with Crippen LogP contribution in [0.5, 0.6) is 11.5 Å². The standard InChI is InChI=1S/C43H36FN4O.Pt/c1-28(2)29-20-21-45-42(22-29)48-38-11-7-6-10-36(38)37-19-18-34(26-41(37)48)49-35-24-30(43(3,4)5)23-33(25-35)47-27-46(32-16-14-31(44)15-17-32)39-12-8-9-13-40(39)47;/h6-24,27-28H,1-5H3;/q-3;. The average Bonchev–Trinajstić information content (AvgIpc) is 3.64. The van der Waals surface area contributed by atoms with Gasteiger partial charge in [0.25, 0.3) is 0 Å². The first-order valence-corrected chi connectivity index (χ1v) is 16.6. The molecule has 5 aromatic carbocycles. The summed E-state index contributed by atoms with van der Waals surface area (Å²) >= 11 is 0. The van der Waals surface area contributed by atoms with Crippen LogP contribution in [0.15, 0.2) is 115 Å². The first-order chi connectivity index (χ1) is 23.6. The van der Waals surface area contributed by atoms with E-state index in [1.165, 1.54) is 17.7 Å². The number of anilines is 4. The van der Waals surface area contributed by atoms with Crippen LogP contribution < -0.4 is 14.5 Å². The Labute approximate surface area is 307 Å². The maximum atomic E-state index is 13.8. The number of aromatic nitrogens is 2. The number of hydrogen-bond donors (Lipinski definition) is 0. The molecule has 0 radical (unpaired) electrons. The minimum atomic E-state index is -0.267. The van der Waals surface area contributed by atoms with Crippen LogP contribution in [-0.4, -0.2) is 9.55 Å². The second-order valence-corrected chi connectivity index (χ2v) is 13.8. The Morgan fingerprint density at radius 1 is 0.760 bits per heavy atom. The Balaban J connectivity index is 0.00000392. The van der Waals surface area contributed by atoms with Crippen LogP contribution in [0.2, 0.25) is 0 Å². The topological polar surface area (TPSA) is 33.5 Å². The normalized spacial score (nSPS) is 12.9. The third-order valence-electron chi connectivity index (χ3n) is 9.13. The van der Waals surface area contributed by atoms with Gasteiger partial charge in [-0.25, -0.2) is 9.37 Å². The molecule has 1 aliphatic rings. The Kier molecular flexibility index (Phi) is 8.78. The molecule has 0 unspecified atom stereocenters. The molecule has 7 heteroatoms. The zero-order valence-electron chi connectivity index (χ0n) is 28.5. The predicted molar refractivity (Wildman–Crippen MR) is 197 cm³/mol. The van der Waals surface area contributed by atoms with Gasteiger partial charge in [0.1, 0.15) is 11.6 Å². The summed E-state index contributed by atoms with van der Waals surface area (Å²) in [6.07, 6.45) is 1.88. The van der Waals surface area contributed by atoms with Crippen molar-refractivity contribution in [2.75, 3.05) is 9.80 Å². The maximum Gasteiger partial charge on any atom is 0.135 e. The molecular formula is C43H36FN4OPt-3. The number of hydrogen-bond acceptors (Lipinski definition) is 4. The molecule has 8 rings (SSSR count). The minimum Gasteiger partial charge on any atom is -0.509 e. The molecular weight excluding hydrogens is 803 g/mol. The van der Waals surface area contributed by atoms with E-state index in [0.29, 0.717) is 17.4 Å². The number of fused-ring (bicyclic) bond motifs is 4. The first-order valence-electron chi connectivity index (χ1n) is 16.6. The molecule has 5 nitrogen and oxygen atoms in total. The molecule has 0 atom stereocenters. The number of halogens is 1. The van der Waals surface area contributed by atoms with E-state index < -0.39 is 0 Å². The number of para-hydroxylation sites is 3. The number of benzene rings is 5. The predicted octanol–water partition coefficient (Wildman–Crippen LogP) is 11.5. The maximum absolute atomic E-state index is 13.8. The quantitative estimate of drug-likeness (QED) is 0.156. The minimum absolute atomic E-state index is 0. The number of nitrogens with zero attached hydrogens (tertiary/aromatic N) is 4. The van der Waals surface area contributed by atoms with Gasteiger partial charge < -0.3 is 19.1 Å². The molecule has 3 heterocycles. The molecule has 0 aliphatic carbocycles. The summed E-state index contributed by atoms with van der Waals surface area (Å²) in [5, 5.41) is 2.21. The van der Waals surface area contributed by atoms with Gasteiger partial charge in [-0.05, 0) is 76.9 Å². The van der Waals surface area contributed by atoms with Gasteiger partial charge in [-0.1, -0.05) is 70.5 Å². The van der Waals surface area contributed by atoms with Crippen LogP contribution in [0.1, 0.15) is 51.7 Å². The number of pyridine rings is 1. The molecule has 1 aliphatic heterocycles. The molecule has 0 N–H and O–H groups in total. The van der Waals surface area contributed by atoms with Gasteiger partial charge in [-0.2, -0.15) is 6.07 Å². The van der Waals surface area contributed by atoms with Gasteiger partial charge >= 0.3 is 0 Å². The summed E-state index contributed by atoms with van der Waals surface area (Å²) in [5.74, 6) is 2.13. The molecule has 0 bridgehead atoms. The van der Waals surface area contributed by atoms with Crippen LogP contribution >= 0.6 is 0 Å². The van der Waals surface area contributed by atoms with Crippen molar-refractivity contribution in [1.82, 2.24) is 9.55 Å². The van der Waals surface area contributed by atoms with Gasteiger partial charge in [0.2, 0.25) is 0 Å². The zero-order valence-corrected chi connectivity index (χ0v) is 30.8. The van der Waals surface area contributed by atoms with Crippen molar-refractivity contribution in [2.45, 2.75) is 46.0 Å². The van der Waals surface area contributed by atoms with E-state index in [4.69, 9.17) is 9.72 Å². The van der Waals surface area contributed by atoms with Crippen molar-refractivity contribution < 1.29 is 30.2 Å². The third kappa shape index (κ3) is 6.07. The molecule has 0 fully saturated rings. The fourth-order valence-corrected chi connectivity index (χ4v) is 6.46. The number of rotatable bonds is 6. The Morgan fingerprint density at radius 2 is 1.48 bits per heavy atom. The van der Waals surface area contributed by atoms with Crippen molar-refractivity contribution in [1.29, 1.82) is 0 Å². The summed E-state index contributed by atoms with van der Waals surface area (Å²) in [6.45, 7) is 13.0. The molecule has 254 valence electrons. The molecule has 0 saturated carbocycles. The molecule has 0 saturated heterocycles. The van der Waals surface area contributed by atoms with Crippen molar-refractivity contribution in [2.24, 2.45) is 0 Å². The fraction of sp³-hybridized carbons (Fsp3) is 0.163. The van der Waals surface area contributed by atoms with Gasteiger partial charge in [0.05, 0.1) is 0 Å². The van der Waals surface area contributed by atoms with Crippen LogP contribution in [-0.2, 0) is 26.5 Å². The van der Waals surface area contributed by atoms with Crippen LogP contribution in [0.25, 0.3) is 27.6 Å². The summed E-state index contributed by atoms with van der Waals surface area (Å²) in [5.41, 5.74) is 7.82. The van der Waals surface area contributed by atoms with Gasteiger partial charge in [0.15, 0.2) is 0 Å². The van der Waals surface area contributed by atoms with Crippen LogP contribution in [0.4, 0.5) is 27.1 Å². The van der Waals surface area contributed by atoms with Crippen molar-refractivity contribution >= 4 is 44.6 Å². The molecule has 0 amide bonds. The SMILES string of the molecule is CC(C)c1ccnc(-n2c3[c-]c(Oc4[c-]c(N5[CH-]N(c6ccc(F)cc6)c6ccccc65)cc(C(C)(C)C)c4)ccc3c3ccccc32)c1.[Pt]. The van der Waals surface area contributed by atoms with Crippen molar-refractivity contribution in [3.63, 3.8) is 0 Å². The molecule has 0 spiro atoms. The summed E-state index contributed by atoms with van der Waals surface area (Å²) in [7, 11) is 0. The van der Waals surface area contributed by atoms with E-state index >= 15 is 0 Å². The van der Waals surface area contributed by atoms with E-state index in [9.17, 15) is 4.39 Å². The number of ether oxygens (including phenoxy) is 1. The fourth-order valence-electron chi connectivity index (χ4n) is 6.46. The first kappa shape index (κ1) is 33.6. The van der Waals surface area contributed by atoms with E-state index in [1.807, 2.05) is 31.1 Å². The molecule has 50 heavy (non-hydrogen) atoms. The average molecular weight is 839 g/mol. The second kappa shape index (κ2) is 13.1. The summed E-state index contributed by atoms with van der Waals surface area (Å²) < 4.78 is 22.6. The Hall–Kier alpha value is -4.93. The largest absolute Gasteiger partial charge is 0.509 e. The molecule has 2 aromatic heterocycles. The van der Waals surface area contributed by atoms with Gasteiger partial charge in [-0.3, -0.25) is 0 Å². The zero-order chi connectivity index (χ0) is 33.9. The van der Waals surface area contributed by atoms with Crippen LogP contribution in [0.3, 0.4) is 0 Å². The van der Waals surface area contributed by atoms with Gasteiger partial charge in [0, 0.05) is 61.3 Å². The smallest absolute Gasteiger partial charge is 0.135 e. The molecule has 7 aromatic rings. The summed E-state index contributed by atoms with van der Waals surface area (Å²) in [4.78, 5) is 8.96. The van der Waals surface area contributed by atoms with Crippen LogP contribution in [0, 0.1) is 24.6 Å². The Morgan fingerprint density at radius 3 is 2.22 bits per heavy atom. The van der Waals surface area contributed by atoms with E-state index in [-0.39, 0.29) is 32.3 Å². The van der Waals surface area contributed by atoms with E-state index in [1.54, 1.807) is 12.1 Å². The van der Waals surface area contributed by atoms with E-state index in [0.717, 1.165) is 55.9 Å². The summed E-state index contributed by atoms with van der Waals surface area (Å²) in [6, 6.07) is 42.8. The monoisotopic (exact) mass is 838 g/mol. The van der Waals surface area contributed by atoms with Crippen molar-refractivity contribution in [3.05, 3.63) is 151 Å². The third-order valence-corrected chi connectivity index (χ3v) is 9.13.